The quantitative estimate of drug-likeness (QED) is 0.382. The number of nitrogens with zero attached hydrogens (tertiary/aromatic N) is 1. The fourth-order valence-corrected chi connectivity index (χ4v) is 4.71. The summed E-state index contributed by atoms with van der Waals surface area (Å²) in [6.07, 6.45) is -4.53. The third-order valence-electron chi connectivity index (χ3n) is 4.56. The maximum atomic E-state index is 13.2. The Kier molecular flexibility index (Phi) is 6.10. The summed E-state index contributed by atoms with van der Waals surface area (Å²) in [6, 6.07) is 17.0. The molecular weight excluding hydrogens is 470 g/mol. The number of carbonyl (C=O) groups excluding carboxylic acids is 1. The second-order valence-electron chi connectivity index (χ2n) is 6.75. The minimum Gasteiger partial charge on any atom is -0.457 e. The predicted octanol–water partition coefficient (Wildman–Crippen LogP) is 7.58. The molecule has 1 amide bonds. The molecule has 0 N–H and O–H groups in total. The van der Waals surface area contributed by atoms with E-state index in [1.165, 1.54) is 22.7 Å². The topological polar surface area (TPSA) is 29.5 Å². The van der Waals surface area contributed by atoms with E-state index in [9.17, 15) is 18.0 Å². The van der Waals surface area contributed by atoms with Crippen molar-refractivity contribution >= 4 is 46.6 Å². The fraction of sp³-hybridized carbons (Fsp3) is 0.136. The smallest absolute Gasteiger partial charge is 0.416 e. The molecule has 1 aliphatic heterocycles. The van der Waals surface area contributed by atoms with Crippen LogP contribution in [-0.2, 0) is 11.0 Å². The van der Waals surface area contributed by atoms with Gasteiger partial charge in [0.1, 0.15) is 16.9 Å². The van der Waals surface area contributed by atoms with Gasteiger partial charge in [-0.2, -0.15) is 13.2 Å². The SMILES string of the molecule is O=C1CSC(c2cc(Cl)cc(C(F)(F)F)c2)N1c1ccc(Oc2ccc(Cl)cc2)cc1. The zero-order valence-corrected chi connectivity index (χ0v) is 18.0. The zero-order valence-electron chi connectivity index (χ0n) is 15.7. The van der Waals surface area contributed by atoms with Gasteiger partial charge in [0.25, 0.3) is 0 Å². The minimum atomic E-state index is -4.53. The Bertz CT molecular complexity index is 1110. The van der Waals surface area contributed by atoms with E-state index in [2.05, 4.69) is 0 Å². The number of anilines is 1. The van der Waals surface area contributed by atoms with Gasteiger partial charge in [-0.25, -0.2) is 0 Å². The summed E-state index contributed by atoms with van der Waals surface area (Å²) in [4.78, 5) is 14.0. The maximum absolute atomic E-state index is 13.2. The molecule has 3 aromatic rings. The van der Waals surface area contributed by atoms with Gasteiger partial charge in [0.05, 0.1) is 11.3 Å². The van der Waals surface area contributed by atoms with Crippen molar-refractivity contribution in [3.8, 4) is 11.5 Å². The summed E-state index contributed by atoms with van der Waals surface area (Å²) in [7, 11) is 0. The molecular formula is C22H14Cl2F3NO2S. The third-order valence-corrected chi connectivity index (χ3v) is 6.25. The lowest BCUT2D eigenvalue weighted by atomic mass is 10.1. The summed E-state index contributed by atoms with van der Waals surface area (Å²) >= 11 is 13.0. The molecule has 160 valence electrons. The molecule has 3 nitrogen and oxygen atoms in total. The highest BCUT2D eigenvalue weighted by Crippen LogP contribution is 2.44. The van der Waals surface area contributed by atoms with Gasteiger partial charge >= 0.3 is 6.18 Å². The third kappa shape index (κ3) is 4.95. The fourth-order valence-electron chi connectivity index (χ4n) is 3.18. The molecule has 31 heavy (non-hydrogen) atoms. The molecule has 1 unspecified atom stereocenters. The first-order valence-corrected chi connectivity index (χ1v) is 10.9. The van der Waals surface area contributed by atoms with E-state index >= 15 is 0 Å². The molecule has 1 fully saturated rings. The van der Waals surface area contributed by atoms with Crippen LogP contribution in [0.2, 0.25) is 10.0 Å². The van der Waals surface area contributed by atoms with Crippen molar-refractivity contribution in [2.75, 3.05) is 10.7 Å². The molecule has 0 saturated carbocycles. The number of benzene rings is 3. The number of alkyl halides is 3. The number of hydrogen-bond donors (Lipinski definition) is 0. The first kappa shape index (κ1) is 21.9. The number of halogens is 5. The van der Waals surface area contributed by atoms with E-state index in [0.29, 0.717) is 27.8 Å². The highest BCUT2D eigenvalue weighted by Gasteiger charge is 2.37. The first-order chi connectivity index (χ1) is 14.7. The molecule has 1 saturated heterocycles. The molecule has 1 heterocycles. The molecule has 0 spiro atoms. The van der Waals surface area contributed by atoms with E-state index in [-0.39, 0.29) is 16.7 Å². The van der Waals surface area contributed by atoms with E-state index in [4.69, 9.17) is 27.9 Å². The van der Waals surface area contributed by atoms with Crippen molar-refractivity contribution in [1.29, 1.82) is 0 Å². The predicted molar refractivity (Wildman–Crippen MR) is 117 cm³/mol. The summed E-state index contributed by atoms with van der Waals surface area (Å²) in [6.45, 7) is 0. The Hall–Kier alpha value is -2.35. The van der Waals surface area contributed by atoms with E-state index in [1.54, 1.807) is 48.5 Å². The van der Waals surface area contributed by atoms with Crippen LogP contribution >= 0.6 is 35.0 Å². The van der Waals surface area contributed by atoms with Crippen LogP contribution in [0, 0.1) is 0 Å². The van der Waals surface area contributed by atoms with Gasteiger partial charge in [0.2, 0.25) is 5.91 Å². The number of rotatable bonds is 4. The average Bonchev–Trinajstić information content (AvgIpc) is 3.11. The summed E-state index contributed by atoms with van der Waals surface area (Å²) in [5.41, 5.74) is 0.0239. The Balaban J connectivity index is 1.60. The number of carbonyl (C=O) groups is 1. The highest BCUT2D eigenvalue weighted by atomic mass is 35.5. The summed E-state index contributed by atoms with van der Waals surface area (Å²) < 4.78 is 45.4. The number of ether oxygens (including phenoxy) is 1. The summed E-state index contributed by atoms with van der Waals surface area (Å²) in [5, 5.41) is -0.0553. The van der Waals surface area contributed by atoms with E-state index in [1.807, 2.05) is 0 Å². The molecule has 4 rings (SSSR count). The lowest BCUT2D eigenvalue weighted by Gasteiger charge is -2.25. The van der Waals surface area contributed by atoms with Crippen LogP contribution in [0.5, 0.6) is 11.5 Å². The second kappa shape index (κ2) is 8.65. The molecule has 0 aromatic heterocycles. The number of hydrogen-bond acceptors (Lipinski definition) is 3. The van der Waals surface area contributed by atoms with Crippen LogP contribution in [0.3, 0.4) is 0 Å². The second-order valence-corrected chi connectivity index (χ2v) is 8.69. The van der Waals surface area contributed by atoms with E-state index in [0.717, 1.165) is 12.1 Å². The van der Waals surface area contributed by atoms with Crippen molar-refractivity contribution < 1.29 is 22.7 Å². The molecule has 3 aromatic carbocycles. The molecule has 1 atom stereocenters. The van der Waals surface area contributed by atoms with Gasteiger partial charge in [0.15, 0.2) is 0 Å². The van der Waals surface area contributed by atoms with Gasteiger partial charge in [-0.15, -0.1) is 11.8 Å². The van der Waals surface area contributed by atoms with Gasteiger partial charge < -0.3 is 4.74 Å². The van der Waals surface area contributed by atoms with Crippen molar-refractivity contribution in [1.82, 2.24) is 0 Å². The van der Waals surface area contributed by atoms with E-state index < -0.39 is 17.1 Å². The highest BCUT2D eigenvalue weighted by molar-refractivity contribution is 8.00. The largest absolute Gasteiger partial charge is 0.457 e. The molecule has 1 aliphatic rings. The maximum Gasteiger partial charge on any atom is 0.416 e. The molecule has 0 bridgehead atoms. The lowest BCUT2D eigenvalue weighted by Crippen LogP contribution is -2.27. The molecule has 0 radical (unpaired) electrons. The number of amides is 1. The minimum absolute atomic E-state index is 0.0311. The lowest BCUT2D eigenvalue weighted by molar-refractivity contribution is -0.137. The van der Waals surface area contributed by atoms with Crippen LogP contribution in [0.1, 0.15) is 16.5 Å². The van der Waals surface area contributed by atoms with Crippen molar-refractivity contribution in [3.63, 3.8) is 0 Å². The Morgan fingerprint density at radius 3 is 2.13 bits per heavy atom. The van der Waals surface area contributed by atoms with Crippen molar-refractivity contribution in [2.24, 2.45) is 0 Å². The average molecular weight is 484 g/mol. The van der Waals surface area contributed by atoms with Gasteiger partial charge in [-0.3, -0.25) is 9.69 Å². The van der Waals surface area contributed by atoms with Gasteiger partial charge in [0, 0.05) is 15.7 Å². The molecule has 0 aliphatic carbocycles. The van der Waals surface area contributed by atoms with Gasteiger partial charge in [-0.05, 0) is 72.3 Å². The van der Waals surface area contributed by atoms with Crippen LogP contribution in [0.15, 0.2) is 66.7 Å². The Morgan fingerprint density at radius 2 is 1.52 bits per heavy atom. The summed E-state index contributed by atoms with van der Waals surface area (Å²) in [5.74, 6) is 1.10. The van der Waals surface area contributed by atoms with Crippen LogP contribution in [-0.4, -0.2) is 11.7 Å². The molecule has 9 heteroatoms. The van der Waals surface area contributed by atoms with Crippen molar-refractivity contribution in [3.05, 3.63) is 87.9 Å². The Morgan fingerprint density at radius 1 is 0.903 bits per heavy atom. The van der Waals surface area contributed by atoms with Crippen LogP contribution in [0.4, 0.5) is 18.9 Å². The zero-order chi connectivity index (χ0) is 22.2. The standard InChI is InChI=1S/C22H14Cl2F3NO2S/c23-15-1-5-18(6-2-15)30-19-7-3-17(4-8-19)28-20(29)12-31-21(28)13-9-14(22(25,26)27)11-16(24)10-13/h1-11,21H,12H2. The first-order valence-electron chi connectivity index (χ1n) is 9.05. The monoisotopic (exact) mass is 483 g/mol. The van der Waals surface area contributed by atoms with Crippen LogP contribution in [0.25, 0.3) is 0 Å². The Labute approximate surface area is 190 Å². The normalized spacial score (nSPS) is 16.6. The van der Waals surface area contributed by atoms with Gasteiger partial charge in [-0.1, -0.05) is 23.2 Å². The number of thioether (sulfide) groups is 1. The van der Waals surface area contributed by atoms with Crippen molar-refractivity contribution in [2.45, 2.75) is 11.6 Å². The van der Waals surface area contributed by atoms with Crippen LogP contribution < -0.4 is 9.64 Å².